The minimum absolute atomic E-state index is 0.345. The number of carboxylic acid groups (broad SMARTS) is 1. The number of hydrogen-bond donors (Lipinski definition) is 1. The van der Waals surface area contributed by atoms with Crippen LogP contribution in [-0.2, 0) is 9.53 Å². The Hall–Kier alpha value is -1.78. The molecule has 0 bridgehead atoms. The molecule has 1 heterocycles. The first-order valence-corrected chi connectivity index (χ1v) is 6.13. The molecular weight excluding hydrogens is 234 g/mol. The van der Waals surface area contributed by atoms with Crippen molar-refractivity contribution >= 4 is 12.1 Å². The highest BCUT2D eigenvalue weighted by molar-refractivity contribution is 5.82. The molecule has 0 saturated carbocycles. The van der Waals surface area contributed by atoms with Crippen molar-refractivity contribution in [3.8, 4) is 0 Å². The lowest BCUT2D eigenvalue weighted by atomic mass is 9.96. The Labute approximate surface area is 107 Å². The third-order valence-electron chi connectivity index (χ3n) is 2.82. The topological polar surface area (TPSA) is 66.8 Å². The van der Waals surface area contributed by atoms with Crippen LogP contribution in [0.5, 0.6) is 0 Å². The van der Waals surface area contributed by atoms with Gasteiger partial charge in [0.05, 0.1) is 6.61 Å². The number of carbonyl (C=O) groups is 2. The van der Waals surface area contributed by atoms with Gasteiger partial charge in [-0.05, 0) is 25.7 Å². The predicted octanol–water partition coefficient (Wildman–Crippen LogP) is 2.05. The van der Waals surface area contributed by atoms with Crippen LogP contribution in [0.4, 0.5) is 4.79 Å². The van der Waals surface area contributed by atoms with E-state index in [1.807, 2.05) is 12.2 Å². The van der Waals surface area contributed by atoms with E-state index in [-0.39, 0.29) is 5.97 Å². The molecule has 0 radical (unpaired) electrons. The van der Waals surface area contributed by atoms with E-state index in [0.29, 0.717) is 25.6 Å². The fraction of sp³-hybridized carbons (Fsp3) is 0.538. The normalized spacial score (nSPS) is 17.5. The molecule has 0 aliphatic carbocycles. The Bertz CT molecular complexity index is 341. The van der Waals surface area contributed by atoms with E-state index in [0.717, 1.165) is 12.8 Å². The number of carbonyl (C=O) groups excluding carboxylic acids is 1. The van der Waals surface area contributed by atoms with Crippen LogP contribution < -0.4 is 0 Å². The van der Waals surface area contributed by atoms with E-state index in [2.05, 4.69) is 0 Å². The number of allylic oxidation sites excluding steroid dienone is 3. The first kappa shape index (κ1) is 14.3. The number of hydrogen-bond acceptors (Lipinski definition) is 3. The second kappa shape index (κ2) is 7.53. The first-order valence-electron chi connectivity index (χ1n) is 6.13. The molecule has 18 heavy (non-hydrogen) atoms. The van der Waals surface area contributed by atoms with Gasteiger partial charge in [-0.25, -0.2) is 9.59 Å². The summed E-state index contributed by atoms with van der Waals surface area (Å²) in [6.07, 6.45) is 7.67. The van der Waals surface area contributed by atoms with Gasteiger partial charge in [0.1, 0.15) is 0 Å². The van der Waals surface area contributed by atoms with Crippen LogP contribution in [0, 0.1) is 5.92 Å². The van der Waals surface area contributed by atoms with Gasteiger partial charge >= 0.3 is 12.1 Å². The number of ether oxygens (including phenoxy) is 1. The van der Waals surface area contributed by atoms with Crippen molar-refractivity contribution in [2.24, 2.45) is 5.92 Å². The van der Waals surface area contributed by atoms with Gasteiger partial charge < -0.3 is 14.7 Å². The molecule has 1 aliphatic rings. The van der Waals surface area contributed by atoms with Crippen LogP contribution in [0.25, 0.3) is 0 Å². The number of amides is 1. The molecule has 1 rings (SSSR count). The summed E-state index contributed by atoms with van der Waals surface area (Å²) in [5.74, 6) is 0.0373. The number of likely N-dealkylation sites (tertiary alicyclic amines) is 1. The highest BCUT2D eigenvalue weighted by Crippen LogP contribution is 2.18. The van der Waals surface area contributed by atoms with Crippen LogP contribution in [0.2, 0.25) is 0 Å². The minimum atomic E-state index is -0.848. The maximum atomic E-state index is 11.0. The van der Waals surface area contributed by atoms with E-state index >= 15 is 0 Å². The van der Waals surface area contributed by atoms with E-state index in [1.54, 1.807) is 13.0 Å². The summed E-state index contributed by atoms with van der Waals surface area (Å²) in [7, 11) is 0. The lowest BCUT2D eigenvalue weighted by Crippen LogP contribution is -2.36. The van der Waals surface area contributed by atoms with Gasteiger partial charge in [-0.15, -0.1) is 0 Å². The first-order chi connectivity index (χ1) is 8.63. The molecule has 0 aromatic rings. The number of nitrogens with zero attached hydrogens (tertiary/aromatic N) is 1. The van der Waals surface area contributed by atoms with Crippen molar-refractivity contribution in [1.29, 1.82) is 0 Å². The molecule has 1 fully saturated rings. The minimum Gasteiger partial charge on any atom is -0.465 e. The molecule has 0 unspecified atom stereocenters. The van der Waals surface area contributed by atoms with E-state index in [4.69, 9.17) is 9.84 Å². The van der Waals surface area contributed by atoms with Crippen molar-refractivity contribution in [3.63, 3.8) is 0 Å². The van der Waals surface area contributed by atoms with Crippen LogP contribution in [-0.4, -0.2) is 41.8 Å². The standard InChI is InChI=1S/C13H19NO4/c1-2-18-12(15)6-4-3-5-11-7-9-14(10-8-11)13(16)17/h3-6,11H,2,7-10H2,1H3,(H,16,17)/b5-3+,6-4+. The van der Waals surface area contributed by atoms with E-state index < -0.39 is 6.09 Å². The Balaban J connectivity index is 2.28. The Morgan fingerprint density at radius 1 is 1.33 bits per heavy atom. The summed E-state index contributed by atoms with van der Waals surface area (Å²) in [5.41, 5.74) is 0. The average Bonchev–Trinajstić information content (AvgIpc) is 2.35. The summed E-state index contributed by atoms with van der Waals surface area (Å²) in [6, 6.07) is 0. The molecule has 100 valence electrons. The smallest absolute Gasteiger partial charge is 0.407 e. The fourth-order valence-electron chi connectivity index (χ4n) is 1.83. The Morgan fingerprint density at radius 3 is 2.56 bits per heavy atom. The molecule has 0 aromatic heterocycles. The largest absolute Gasteiger partial charge is 0.465 e. The van der Waals surface area contributed by atoms with Gasteiger partial charge in [-0.1, -0.05) is 18.2 Å². The quantitative estimate of drug-likeness (QED) is 0.473. The second-order valence-electron chi connectivity index (χ2n) is 4.10. The van der Waals surface area contributed by atoms with Gasteiger partial charge in [0.2, 0.25) is 0 Å². The number of rotatable bonds is 4. The molecule has 1 aliphatic heterocycles. The molecule has 0 atom stereocenters. The van der Waals surface area contributed by atoms with Crippen molar-refractivity contribution in [2.45, 2.75) is 19.8 Å². The van der Waals surface area contributed by atoms with Crippen LogP contribution in [0.1, 0.15) is 19.8 Å². The zero-order valence-corrected chi connectivity index (χ0v) is 10.5. The number of piperidine rings is 1. The molecule has 5 heteroatoms. The SMILES string of the molecule is CCOC(=O)/C=C/C=C/C1CCN(C(=O)O)CC1. The summed E-state index contributed by atoms with van der Waals surface area (Å²) < 4.78 is 4.74. The molecule has 1 saturated heterocycles. The highest BCUT2D eigenvalue weighted by Gasteiger charge is 2.20. The summed E-state index contributed by atoms with van der Waals surface area (Å²) in [4.78, 5) is 23.1. The van der Waals surface area contributed by atoms with Crippen molar-refractivity contribution in [2.75, 3.05) is 19.7 Å². The zero-order valence-electron chi connectivity index (χ0n) is 10.5. The maximum absolute atomic E-state index is 11.0. The lowest BCUT2D eigenvalue weighted by Gasteiger charge is -2.28. The molecule has 5 nitrogen and oxygen atoms in total. The molecule has 0 spiro atoms. The lowest BCUT2D eigenvalue weighted by molar-refractivity contribution is -0.137. The fourth-order valence-corrected chi connectivity index (χ4v) is 1.83. The third kappa shape index (κ3) is 5.03. The van der Waals surface area contributed by atoms with Gasteiger partial charge in [-0.3, -0.25) is 0 Å². The van der Waals surface area contributed by atoms with Gasteiger partial charge in [0, 0.05) is 19.2 Å². The van der Waals surface area contributed by atoms with Gasteiger partial charge in [-0.2, -0.15) is 0 Å². The van der Waals surface area contributed by atoms with Gasteiger partial charge in [0.25, 0.3) is 0 Å². The third-order valence-corrected chi connectivity index (χ3v) is 2.82. The molecule has 1 amide bonds. The Kier molecular flexibility index (Phi) is 5.97. The molecular formula is C13H19NO4. The van der Waals surface area contributed by atoms with E-state index in [9.17, 15) is 9.59 Å². The Morgan fingerprint density at radius 2 is 2.00 bits per heavy atom. The van der Waals surface area contributed by atoms with Crippen molar-refractivity contribution in [3.05, 3.63) is 24.3 Å². The van der Waals surface area contributed by atoms with Gasteiger partial charge in [0.15, 0.2) is 0 Å². The average molecular weight is 253 g/mol. The predicted molar refractivity (Wildman–Crippen MR) is 67.2 cm³/mol. The second-order valence-corrected chi connectivity index (χ2v) is 4.10. The zero-order chi connectivity index (χ0) is 13.4. The maximum Gasteiger partial charge on any atom is 0.407 e. The van der Waals surface area contributed by atoms with Crippen LogP contribution >= 0.6 is 0 Å². The van der Waals surface area contributed by atoms with Crippen molar-refractivity contribution < 1.29 is 19.4 Å². The monoisotopic (exact) mass is 253 g/mol. The number of esters is 1. The summed E-state index contributed by atoms with van der Waals surface area (Å²) >= 11 is 0. The summed E-state index contributed by atoms with van der Waals surface area (Å²) in [6.45, 7) is 3.29. The van der Waals surface area contributed by atoms with Crippen LogP contribution in [0.3, 0.4) is 0 Å². The van der Waals surface area contributed by atoms with E-state index in [1.165, 1.54) is 11.0 Å². The van der Waals surface area contributed by atoms with Crippen molar-refractivity contribution in [1.82, 2.24) is 4.90 Å². The molecule has 0 aromatic carbocycles. The van der Waals surface area contributed by atoms with Crippen LogP contribution in [0.15, 0.2) is 24.3 Å². The summed E-state index contributed by atoms with van der Waals surface area (Å²) in [5, 5.41) is 8.80. The molecule has 1 N–H and O–H groups in total. The highest BCUT2D eigenvalue weighted by atomic mass is 16.5.